The van der Waals surface area contributed by atoms with E-state index in [2.05, 4.69) is 10.1 Å². The van der Waals surface area contributed by atoms with Gasteiger partial charge in [-0.2, -0.15) is 18.3 Å². The molecule has 0 fully saturated rings. The van der Waals surface area contributed by atoms with Gasteiger partial charge in [0.25, 0.3) is 0 Å². The van der Waals surface area contributed by atoms with Crippen LogP contribution in [0.3, 0.4) is 0 Å². The van der Waals surface area contributed by atoms with Gasteiger partial charge in [0.1, 0.15) is 0 Å². The predicted molar refractivity (Wildman–Crippen MR) is 93.8 cm³/mol. The second-order valence-electron chi connectivity index (χ2n) is 5.91. The van der Waals surface area contributed by atoms with Gasteiger partial charge in [-0.25, -0.2) is 9.67 Å². The zero-order valence-corrected chi connectivity index (χ0v) is 14.6. The van der Waals surface area contributed by atoms with Crippen molar-refractivity contribution in [1.82, 2.24) is 14.8 Å². The Hall–Kier alpha value is -2.87. The van der Waals surface area contributed by atoms with Gasteiger partial charge in [-0.1, -0.05) is 24.3 Å². The summed E-state index contributed by atoms with van der Waals surface area (Å²) in [4.78, 5) is 4.04. The Kier molecular flexibility index (Phi) is 5.46. The van der Waals surface area contributed by atoms with Gasteiger partial charge in [0, 0.05) is 18.2 Å². The van der Waals surface area contributed by atoms with E-state index in [4.69, 9.17) is 9.84 Å². The highest BCUT2D eigenvalue weighted by Gasteiger charge is 2.35. The standard InChI is InChI=1S/C19H18F3N3O2/c1-27-18-9-8-15(12-23-18)25-16(11-17(24-25)19(20,21)22)14-6-4-13(5-7-14)3-2-10-26/h4-9,11-12,26H,2-3,10H2,1H3. The first-order valence-corrected chi connectivity index (χ1v) is 8.30. The average molecular weight is 377 g/mol. The van der Waals surface area contributed by atoms with Crippen LogP contribution in [0.15, 0.2) is 48.7 Å². The lowest BCUT2D eigenvalue weighted by Crippen LogP contribution is -2.07. The molecule has 0 saturated heterocycles. The first-order chi connectivity index (χ1) is 12.9. The van der Waals surface area contributed by atoms with Crippen molar-refractivity contribution in [3.8, 4) is 22.8 Å². The normalized spacial score (nSPS) is 11.6. The Morgan fingerprint density at radius 2 is 1.85 bits per heavy atom. The minimum absolute atomic E-state index is 0.0912. The van der Waals surface area contributed by atoms with E-state index >= 15 is 0 Å². The number of ether oxygens (including phenoxy) is 1. The molecule has 2 heterocycles. The summed E-state index contributed by atoms with van der Waals surface area (Å²) < 4.78 is 45.8. The molecule has 0 unspecified atom stereocenters. The van der Waals surface area contributed by atoms with Crippen LogP contribution in [0.4, 0.5) is 13.2 Å². The minimum atomic E-state index is -4.55. The van der Waals surface area contributed by atoms with Crippen molar-refractivity contribution < 1.29 is 23.0 Å². The summed E-state index contributed by atoms with van der Waals surface area (Å²) in [6.45, 7) is 0.0912. The molecule has 0 aliphatic carbocycles. The van der Waals surface area contributed by atoms with Gasteiger partial charge in [0.15, 0.2) is 5.69 Å². The second kappa shape index (κ2) is 7.79. The van der Waals surface area contributed by atoms with E-state index in [1.54, 1.807) is 24.3 Å². The Morgan fingerprint density at radius 3 is 2.41 bits per heavy atom. The number of rotatable bonds is 6. The maximum atomic E-state index is 13.2. The number of methoxy groups -OCH3 is 1. The fraction of sp³-hybridized carbons (Fsp3) is 0.263. The fourth-order valence-corrected chi connectivity index (χ4v) is 2.67. The molecule has 2 aromatic heterocycles. The molecule has 0 bridgehead atoms. The van der Waals surface area contributed by atoms with Crippen LogP contribution in [0.1, 0.15) is 17.7 Å². The number of hydrogen-bond donors (Lipinski definition) is 1. The lowest BCUT2D eigenvalue weighted by molar-refractivity contribution is -0.141. The van der Waals surface area contributed by atoms with E-state index in [1.807, 2.05) is 12.1 Å². The molecule has 0 amide bonds. The van der Waals surface area contributed by atoms with Crippen LogP contribution in [0.5, 0.6) is 5.88 Å². The molecule has 1 N–H and O–H groups in total. The molecular formula is C19H18F3N3O2. The van der Waals surface area contributed by atoms with E-state index in [0.29, 0.717) is 35.7 Å². The van der Waals surface area contributed by atoms with Crippen LogP contribution in [0, 0.1) is 0 Å². The van der Waals surface area contributed by atoms with Crippen molar-refractivity contribution >= 4 is 0 Å². The molecule has 0 aliphatic heterocycles. The van der Waals surface area contributed by atoms with Crippen LogP contribution < -0.4 is 4.74 Å². The molecule has 0 saturated carbocycles. The Bertz CT molecular complexity index is 888. The summed E-state index contributed by atoms with van der Waals surface area (Å²) in [5.74, 6) is 0.358. The molecule has 0 radical (unpaired) electrons. The number of aliphatic hydroxyl groups is 1. The zero-order valence-electron chi connectivity index (χ0n) is 14.6. The van der Waals surface area contributed by atoms with E-state index in [-0.39, 0.29) is 6.61 Å². The Morgan fingerprint density at radius 1 is 1.11 bits per heavy atom. The zero-order chi connectivity index (χ0) is 19.4. The average Bonchev–Trinajstić information content (AvgIpc) is 3.13. The van der Waals surface area contributed by atoms with Gasteiger partial charge in [-0.3, -0.25) is 0 Å². The maximum absolute atomic E-state index is 13.2. The number of aliphatic hydroxyl groups excluding tert-OH is 1. The maximum Gasteiger partial charge on any atom is 0.435 e. The molecule has 3 aromatic rings. The third-order valence-electron chi connectivity index (χ3n) is 4.05. The predicted octanol–water partition coefficient (Wildman–Crippen LogP) is 3.89. The van der Waals surface area contributed by atoms with Gasteiger partial charge < -0.3 is 9.84 Å². The highest BCUT2D eigenvalue weighted by Crippen LogP contribution is 2.33. The topological polar surface area (TPSA) is 60.2 Å². The second-order valence-corrected chi connectivity index (χ2v) is 5.91. The quantitative estimate of drug-likeness (QED) is 0.708. The smallest absolute Gasteiger partial charge is 0.435 e. The van der Waals surface area contributed by atoms with Crippen LogP contribution >= 0.6 is 0 Å². The highest BCUT2D eigenvalue weighted by molar-refractivity contribution is 5.63. The van der Waals surface area contributed by atoms with Crippen LogP contribution in [0.25, 0.3) is 16.9 Å². The van der Waals surface area contributed by atoms with E-state index in [1.165, 1.54) is 18.0 Å². The van der Waals surface area contributed by atoms with Crippen molar-refractivity contribution in [1.29, 1.82) is 0 Å². The third kappa shape index (κ3) is 4.28. The SMILES string of the molecule is COc1ccc(-n2nc(C(F)(F)F)cc2-c2ccc(CCCO)cc2)cn1. The molecule has 1 aromatic carbocycles. The van der Waals surface area contributed by atoms with Crippen LogP contribution in [-0.2, 0) is 12.6 Å². The number of alkyl halides is 3. The summed E-state index contributed by atoms with van der Waals surface area (Å²) in [5.41, 5.74) is 1.33. The Labute approximate surface area is 154 Å². The fourth-order valence-electron chi connectivity index (χ4n) is 2.67. The lowest BCUT2D eigenvalue weighted by Gasteiger charge is -2.09. The first kappa shape index (κ1) is 18.9. The van der Waals surface area contributed by atoms with Crippen molar-refractivity contribution in [2.24, 2.45) is 0 Å². The lowest BCUT2D eigenvalue weighted by atomic mass is 10.1. The molecule has 3 rings (SSSR count). The van der Waals surface area contributed by atoms with E-state index < -0.39 is 11.9 Å². The number of hydrogen-bond acceptors (Lipinski definition) is 4. The van der Waals surface area contributed by atoms with Crippen molar-refractivity contribution in [3.05, 3.63) is 59.9 Å². The minimum Gasteiger partial charge on any atom is -0.481 e. The molecule has 8 heteroatoms. The number of nitrogens with zero attached hydrogens (tertiary/aromatic N) is 3. The van der Waals surface area contributed by atoms with Crippen molar-refractivity contribution in [2.75, 3.05) is 13.7 Å². The molecular weight excluding hydrogens is 359 g/mol. The van der Waals surface area contributed by atoms with Gasteiger partial charge >= 0.3 is 6.18 Å². The van der Waals surface area contributed by atoms with Gasteiger partial charge in [-0.15, -0.1) is 0 Å². The van der Waals surface area contributed by atoms with E-state index in [0.717, 1.165) is 11.6 Å². The molecule has 0 spiro atoms. The van der Waals surface area contributed by atoms with E-state index in [9.17, 15) is 13.2 Å². The summed E-state index contributed by atoms with van der Waals surface area (Å²) in [6, 6.07) is 11.3. The summed E-state index contributed by atoms with van der Waals surface area (Å²) in [5, 5.41) is 12.6. The summed E-state index contributed by atoms with van der Waals surface area (Å²) in [7, 11) is 1.46. The largest absolute Gasteiger partial charge is 0.481 e. The monoisotopic (exact) mass is 377 g/mol. The van der Waals surface area contributed by atoms with Crippen molar-refractivity contribution in [2.45, 2.75) is 19.0 Å². The molecule has 27 heavy (non-hydrogen) atoms. The third-order valence-corrected chi connectivity index (χ3v) is 4.05. The summed E-state index contributed by atoms with van der Waals surface area (Å²) in [6.07, 6.45) is -1.81. The molecule has 0 atom stereocenters. The highest BCUT2D eigenvalue weighted by atomic mass is 19.4. The molecule has 142 valence electrons. The number of halogens is 3. The number of aryl methyl sites for hydroxylation is 1. The van der Waals surface area contributed by atoms with Crippen LogP contribution in [0.2, 0.25) is 0 Å². The molecule has 0 aliphatic rings. The summed E-state index contributed by atoms with van der Waals surface area (Å²) >= 11 is 0. The first-order valence-electron chi connectivity index (χ1n) is 8.30. The van der Waals surface area contributed by atoms with Gasteiger partial charge in [0.2, 0.25) is 5.88 Å². The van der Waals surface area contributed by atoms with Gasteiger partial charge in [-0.05, 0) is 30.5 Å². The number of benzene rings is 1. The number of pyridine rings is 1. The van der Waals surface area contributed by atoms with Crippen LogP contribution in [-0.4, -0.2) is 33.6 Å². The molecule has 5 nitrogen and oxygen atoms in total. The Balaban J connectivity index is 2.03. The number of aromatic nitrogens is 3. The van der Waals surface area contributed by atoms with Gasteiger partial charge in [0.05, 0.1) is 24.7 Å². The van der Waals surface area contributed by atoms with Crippen molar-refractivity contribution in [3.63, 3.8) is 0 Å².